The van der Waals surface area contributed by atoms with E-state index in [0.29, 0.717) is 26.1 Å². The van der Waals surface area contributed by atoms with Gasteiger partial charge in [0.25, 0.3) is 0 Å². The largest absolute Gasteiger partial charge is 0.491 e. The maximum Gasteiger partial charge on any atom is 0.307 e. The smallest absolute Gasteiger partial charge is 0.307 e. The van der Waals surface area contributed by atoms with Crippen molar-refractivity contribution in [2.45, 2.75) is 32.0 Å². The van der Waals surface area contributed by atoms with Crippen LogP contribution in [0.25, 0.3) is 0 Å². The Morgan fingerprint density at radius 3 is 2.62 bits per heavy atom. The van der Waals surface area contributed by atoms with Crippen LogP contribution in [0.1, 0.15) is 20.3 Å². The Hall–Kier alpha value is -2.08. The van der Waals surface area contributed by atoms with Gasteiger partial charge in [-0.3, -0.25) is 9.59 Å². The van der Waals surface area contributed by atoms with Crippen molar-refractivity contribution in [2.24, 2.45) is 11.8 Å². The predicted molar refractivity (Wildman–Crippen MR) is 86.7 cm³/mol. The molecule has 1 heterocycles. The molecule has 1 N–H and O–H groups in total. The van der Waals surface area contributed by atoms with E-state index in [2.05, 4.69) is 0 Å². The molecule has 0 spiro atoms. The zero-order valence-corrected chi connectivity index (χ0v) is 14.0. The Morgan fingerprint density at radius 2 is 2.00 bits per heavy atom. The van der Waals surface area contributed by atoms with Gasteiger partial charge in [-0.25, -0.2) is 0 Å². The van der Waals surface area contributed by atoms with Crippen LogP contribution in [0.15, 0.2) is 30.3 Å². The van der Waals surface area contributed by atoms with E-state index in [9.17, 15) is 9.59 Å². The summed E-state index contributed by atoms with van der Waals surface area (Å²) in [5.41, 5.74) is -0.480. The van der Waals surface area contributed by atoms with Gasteiger partial charge >= 0.3 is 5.97 Å². The SMILES string of the molecule is CC1(C)CN(C(=O)C2CC2C(=O)O)CC(COc2ccccc2)O1. The van der Waals surface area contributed by atoms with E-state index < -0.39 is 17.5 Å². The third-order valence-electron chi connectivity index (χ3n) is 4.40. The topological polar surface area (TPSA) is 76.1 Å². The number of carboxylic acid groups (broad SMARTS) is 1. The van der Waals surface area contributed by atoms with Crippen LogP contribution in [0.5, 0.6) is 5.75 Å². The molecule has 1 saturated heterocycles. The minimum absolute atomic E-state index is 0.0801. The maximum absolute atomic E-state index is 12.5. The fourth-order valence-corrected chi connectivity index (χ4v) is 3.23. The lowest BCUT2D eigenvalue weighted by Crippen LogP contribution is -2.56. The molecule has 6 heteroatoms. The molecule has 24 heavy (non-hydrogen) atoms. The van der Waals surface area contributed by atoms with Crippen molar-refractivity contribution in [1.82, 2.24) is 4.90 Å². The highest BCUT2D eigenvalue weighted by atomic mass is 16.5. The molecule has 0 aromatic heterocycles. The molecule has 2 aliphatic rings. The van der Waals surface area contributed by atoms with Crippen LogP contribution in [-0.2, 0) is 14.3 Å². The maximum atomic E-state index is 12.5. The van der Waals surface area contributed by atoms with Crippen LogP contribution in [0.2, 0.25) is 0 Å². The average molecular weight is 333 g/mol. The number of ether oxygens (including phenoxy) is 2. The molecule has 3 unspecified atom stereocenters. The van der Waals surface area contributed by atoms with Crippen molar-refractivity contribution < 1.29 is 24.2 Å². The summed E-state index contributed by atoms with van der Waals surface area (Å²) in [4.78, 5) is 25.3. The Morgan fingerprint density at radius 1 is 1.29 bits per heavy atom. The number of aliphatic carboxylic acids is 1. The second-order valence-electron chi connectivity index (χ2n) is 7.13. The molecule has 3 rings (SSSR count). The minimum Gasteiger partial charge on any atom is -0.491 e. The third-order valence-corrected chi connectivity index (χ3v) is 4.40. The first-order valence-corrected chi connectivity index (χ1v) is 8.23. The number of benzene rings is 1. The van der Waals surface area contributed by atoms with Gasteiger partial charge in [-0.2, -0.15) is 0 Å². The second-order valence-corrected chi connectivity index (χ2v) is 7.13. The van der Waals surface area contributed by atoms with Crippen LogP contribution in [0.4, 0.5) is 0 Å². The summed E-state index contributed by atoms with van der Waals surface area (Å²) in [5.74, 6) is -1.11. The average Bonchev–Trinajstić information content (AvgIpc) is 3.32. The van der Waals surface area contributed by atoms with E-state index in [1.54, 1.807) is 4.90 Å². The van der Waals surface area contributed by atoms with E-state index >= 15 is 0 Å². The number of carboxylic acids is 1. The van der Waals surface area contributed by atoms with Gasteiger partial charge < -0.3 is 19.5 Å². The molecule has 2 fully saturated rings. The van der Waals surface area contributed by atoms with Crippen LogP contribution in [0, 0.1) is 11.8 Å². The molecule has 0 bridgehead atoms. The Kier molecular flexibility index (Phi) is 4.49. The van der Waals surface area contributed by atoms with Crippen LogP contribution < -0.4 is 4.74 Å². The number of nitrogens with zero attached hydrogens (tertiary/aromatic N) is 1. The monoisotopic (exact) mass is 333 g/mol. The van der Waals surface area contributed by atoms with Crippen LogP contribution in [0.3, 0.4) is 0 Å². The van der Waals surface area contributed by atoms with E-state index in [1.807, 2.05) is 44.2 Å². The summed E-state index contributed by atoms with van der Waals surface area (Å²) >= 11 is 0. The lowest BCUT2D eigenvalue weighted by Gasteiger charge is -2.42. The predicted octanol–water partition coefficient (Wildman–Crippen LogP) is 1.79. The first-order valence-electron chi connectivity index (χ1n) is 8.23. The van der Waals surface area contributed by atoms with Crippen LogP contribution >= 0.6 is 0 Å². The Labute approximate surface area is 141 Å². The number of morpholine rings is 1. The number of rotatable bonds is 5. The summed E-state index contributed by atoms with van der Waals surface area (Å²) in [6, 6.07) is 9.46. The molecule has 1 aromatic rings. The summed E-state index contributed by atoms with van der Waals surface area (Å²) in [6.07, 6.45) is 0.205. The molecule has 1 aliphatic carbocycles. The van der Waals surface area contributed by atoms with E-state index in [-0.39, 0.29) is 17.9 Å². The summed E-state index contributed by atoms with van der Waals surface area (Å²) in [6.45, 7) is 5.12. The van der Waals surface area contributed by atoms with Crippen molar-refractivity contribution in [1.29, 1.82) is 0 Å². The fraction of sp³-hybridized carbons (Fsp3) is 0.556. The molecule has 130 valence electrons. The number of carbonyl (C=O) groups is 2. The zero-order valence-electron chi connectivity index (χ0n) is 14.0. The molecule has 3 atom stereocenters. The van der Waals surface area contributed by atoms with Crippen molar-refractivity contribution in [3.8, 4) is 5.75 Å². The van der Waals surface area contributed by atoms with Crippen LogP contribution in [-0.4, -0.2) is 53.3 Å². The Balaban J connectivity index is 1.60. The van der Waals surface area contributed by atoms with Crippen molar-refractivity contribution in [2.75, 3.05) is 19.7 Å². The lowest BCUT2D eigenvalue weighted by atomic mass is 10.0. The van der Waals surface area contributed by atoms with Gasteiger partial charge in [-0.15, -0.1) is 0 Å². The lowest BCUT2D eigenvalue weighted by molar-refractivity contribution is -0.167. The van der Waals surface area contributed by atoms with Gasteiger partial charge in [0.1, 0.15) is 18.5 Å². The van der Waals surface area contributed by atoms with Crippen molar-refractivity contribution >= 4 is 11.9 Å². The van der Waals surface area contributed by atoms with Gasteiger partial charge in [-0.1, -0.05) is 18.2 Å². The van der Waals surface area contributed by atoms with Gasteiger partial charge in [0.2, 0.25) is 5.91 Å². The molecule has 0 radical (unpaired) electrons. The summed E-state index contributed by atoms with van der Waals surface area (Å²) in [7, 11) is 0. The van der Waals surface area contributed by atoms with Gasteiger partial charge in [-0.05, 0) is 32.4 Å². The van der Waals surface area contributed by atoms with Crippen molar-refractivity contribution in [3.63, 3.8) is 0 Å². The van der Waals surface area contributed by atoms with E-state index in [4.69, 9.17) is 14.6 Å². The Bertz CT molecular complexity index is 615. The number of hydrogen-bond donors (Lipinski definition) is 1. The number of amides is 1. The zero-order chi connectivity index (χ0) is 17.3. The molecular weight excluding hydrogens is 310 g/mol. The van der Waals surface area contributed by atoms with Crippen molar-refractivity contribution in [3.05, 3.63) is 30.3 Å². The van der Waals surface area contributed by atoms with Gasteiger partial charge in [0.15, 0.2) is 0 Å². The van der Waals surface area contributed by atoms with E-state index in [0.717, 1.165) is 5.75 Å². The van der Waals surface area contributed by atoms with Gasteiger partial charge in [0, 0.05) is 6.54 Å². The quantitative estimate of drug-likeness (QED) is 0.889. The summed E-state index contributed by atoms with van der Waals surface area (Å²) < 4.78 is 11.8. The third kappa shape index (κ3) is 3.87. The normalized spacial score (nSPS) is 28.2. The standard InChI is InChI=1S/C18H23NO5/c1-18(2)11-19(16(20)14-8-15(14)17(21)22)9-13(24-18)10-23-12-6-4-3-5-7-12/h3-7,13-15H,8-11H2,1-2H3,(H,21,22). The second kappa shape index (κ2) is 6.43. The molecule has 1 aliphatic heterocycles. The number of hydrogen-bond acceptors (Lipinski definition) is 4. The number of para-hydroxylation sites is 1. The first kappa shape index (κ1) is 16.8. The molecule has 1 amide bonds. The highest BCUT2D eigenvalue weighted by Gasteiger charge is 2.51. The molecule has 1 saturated carbocycles. The molecule has 1 aromatic carbocycles. The fourth-order valence-electron chi connectivity index (χ4n) is 3.23. The highest BCUT2D eigenvalue weighted by molar-refractivity contribution is 5.89. The molecule has 6 nitrogen and oxygen atoms in total. The van der Waals surface area contributed by atoms with Gasteiger partial charge in [0.05, 0.1) is 24.0 Å². The molecular formula is C18H23NO5. The van der Waals surface area contributed by atoms with E-state index in [1.165, 1.54) is 0 Å². The number of carbonyl (C=O) groups excluding carboxylic acids is 1. The summed E-state index contributed by atoms with van der Waals surface area (Å²) in [5, 5.41) is 9.02. The minimum atomic E-state index is -0.884. The highest BCUT2D eigenvalue weighted by Crippen LogP contribution is 2.41. The first-order chi connectivity index (χ1) is 11.4.